The Bertz CT molecular complexity index is 1180. The third-order valence-corrected chi connectivity index (χ3v) is 4.07. The molecule has 0 aliphatic rings. The maximum absolute atomic E-state index is 11.7. The Kier molecular flexibility index (Phi) is 4.51. The summed E-state index contributed by atoms with van der Waals surface area (Å²) in [7, 11) is 0. The number of nitrogens with one attached hydrogen (secondary N) is 1. The van der Waals surface area contributed by atoms with Crippen molar-refractivity contribution in [2.45, 2.75) is 6.92 Å². The summed E-state index contributed by atoms with van der Waals surface area (Å²) >= 11 is 0. The summed E-state index contributed by atoms with van der Waals surface area (Å²) in [6.45, 7) is 1.90. The topological polar surface area (TPSA) is 103 Å². The van der Waals surface area contributed by atoms with Gasteiger partial charge < -0.3 is 10.1 Å². The molecule has 0 amide bonds. The van der Waals surface area contributed by atoms with Crippen LogP contribution in [0.25, 0.3) is 10.8 Å². The lowest BCUT2D eigenvalue weighted by Crippen LogP contribution is -2.04. The molecule has 0 unspecified atom stereocenters. The second-order valence-corrected chi connectivity index (χ2v) is 6.09. The maximum Gasteiger partial charge on any atom is 0.373 e. The zero-order chi connectivity index (χ0) is 19.5. The first kappa shape index (κ1) is 17.3. The molecule has 0 atom stereocenters. The van der Waals surface area contributed by atoms with E-state index >= 15 is 0 Å². The second-order valence-electron chi connectivity index (χ2n) is 6.09. The maximum atomic E-state index is 11.7. The van der Waals surface area contributed by atoms with Crippen molar-refractivity contribution in [1.29, 1.82) is 0 Å². The fourth-order valence-corrected chi connectivity index (χ4v) is 2.76. The van der Waals surface area contributed by atoms with Gasteiger partial charge in [-0.2, -0.15) is 4.98 Å². The molecule has 28 heavy (non-hydrogen) atoms. The normalized spacial score (nSPS) is 10.6. The number of pyridine rings is 1. The number of benzene rings is 2. The monoisotopic (exact) mass is 373 g/mol. The fourth-order valence-electron chi connectivity index (χ4n) is 2.76. The number of anilines is 2. The number of aryl methyl sites for hydroxylation is 1. The molecule has 138 valence electrons. The molecule has 4 aromatic rings. The van der Waals surface area contributed by atoms with Crippen molar-refractivity contribution in [2.75, 3.05) is 5.32 Å². The van der Waals surface area contributed by atoms with Crippen molar-refractivity contribution in [3.8, 4) is 11.6 Å². The van der Waals surface area contributed by atoms with E-state index in [1.54, 1.807) is 24.4 Å². The lowest BCUT2D eigenvalue weighted by molar-refractivity contribution is -0.385. The van der Waals surface area contributed by atoms with Crippen molar-refractivity contribution in [1.82, 2.24) is 15.0 Å². The Morgan fingerprint density at radius 1 is 1.00 bits per heavy atom. The van der Waals surface area contributed by atoms with Crippen LogP contribution >= 0.6 is 0 Å². The smallest absolute Gasteiger partial charge is 0.373 e. The van der Waals surface area contributed by atoms with Crippen molar-refractivity contribution in [3.05, 3.63) is 82.8 Å². The van der Waals surface area contributed by atoms with Crippen LogP contribution in [0.3, 0.4) is 0 Å². The number of rotatable bonds is 5. The van der Waals surface area contributed by atoms with Crippen LogP contribution in [0.4, 0.5) is 17.3 Å². The molecule has 0 fully saturated rings. The first-order valence-electron chi connectivity index (χ1n) is 8.46. The molecule has 2 heterocycles. The fraction of sp³-hybridized carbons (Fsp3) is 0.0500. The van der Waals surface area contributed by atoms with E-state index in [1.165, 1.54) is 6.33 Å². The minimum absolute atomic E-state index is 0.00823. The number of ether oxygens (including phenoxy) is 1. The first-order chi connectivity index (χ1) is 13.6. The average Bonchev–Trinajstić information content (AvgIpc) is 2.68. The minimum atomic E-state index is -0.575. The summed E-state index contributed by atoms with van der Waals surface area (Å²) in [5, 5.41) is 16.6. The van der Waals surface area contributed by atoms with Crippen LogP contribution in [-0.4, -0.2) is 19.9 Å². The van der Waals surface area contributed by atoms with E-state index < -0.39 is 4.92 Å². The van der Waals surface area contributed by atoms with Crippen LogP contribution in [-0.2, 0) is 0 Å². The molecule has 2 aromatic carbocycles. The van der Waals surface area contributed by atoms with Gasteiger partial charge >= 0.3 is 11.6 Å². The summed E-state index contributed by atoms with van der Waals surface area (Å²) in [6, 6.07) is 16.8. The highest BCUT2D eigenvalue weighted by molar-refractivity contribution is 5.83. The van der Waals surface area contributed by atoms with Crippen LogP contribution in [0.15, 0.2) is 67.1 Å². The van der Waals surface area contributed by atoms with Crippen LogP contribution in [0.5, 0.6) is 11.6 Å². The molecule has 0 aliphatic carbocycles. The molecule has 0 radical (unpaired) electrons. The molecule has 8 nitrogen and oxygen atoms in total. The van der Waals surface area contributed by atoms with E-state index in [2.05, 4.69) is 20.3 Å². The van der Waals surface area contributed by atoms with Gasteiger partial charge in [-0.15, -0.1) is 0 Å². The van der Waals surface area contributed by atoms with Gasteiger partial charge in [0.25, 0.3) is 0 Å². The zero-order valence-electron chi connectivity index (χ0n) is 14.9. The van der Waals surface area contributed by atoms with Crippen LogP contribution in [0.1, 0.15) is 5.56 Å². The Labute approximate surface area is 160 Å². The minimum Gasteiger partial charge on any atom is -0.434 e. The molecule has 2 aromatic heterocycles. The number of nitrogens with zero attached hydrogens (tertiary/aromatic N) is 4. The lowest BCUT2D eigenvalue weighted by Gasteiger charge is -2.09. The van der Waals surface area contributed by atoms with Crippen molar-refractivity contribution >= 4 is 28.1 Å². The molecule has 0 aliphatic heterocycles. The molecular weight excluding hydrogens is 358 g/mol. The number of hydrogen-bond donors (Lipinski definition) is 1. The zero-order valence-corrected chi connectivity index (χ0v) is 14.9. The Morgan fingerprint density at radius 3 is 2.61 bits per heavy atom. The number of hydrogen-bond acceptors (Lipinski definition) is 7. The van der Waals surface area contributed by atoms with Gasteiger partial charge in [0, 0.05) is 6.20 Å². The average molecular weight is 373 g/mol. The van der Waals surface area contributed by atoms with Crippen LogP contribution in [0.2, 0.25) is 0 Å². The highest BCUT2D eigenvalue weighted by Gasteiger charge is 2.25. The second kappa shape index (κ2) is 7.28. The van der Waals surface area contributed by atoms with Crippen molar-refractivity contribution < 1.29 is 9.66 Å². The van der Waals surface area contributed by atoms with Gasteiger partial charge in [0.1, 0.15) is 17.9 Å². The largest absolute Gasteiger partial charge is 0.434 e. The molecule has 0 saturated heterocycles. The SMILES string of the molecule is Cc1ccnc(Nc2ncnc(Oc3ccc4ccccc4c3)c2[N+](=O)[O-])c1. The van der Waals surface area contributed by atoms with Gasteiger partial charge in [0.2, 0.25) is 5.82 Å². The summed E-state index contributed by atoms with van der Waals surface area (Å²) in [5.74, 6) is 0.748. The molecule has 0 saturated carbocycles. The van der Waals surface area contributed by atoms with Gasteiger partial charge in [-0.25, -0.2) is 9.97 Å². The third kappa shape index (κ3) is 3.56. The highest BCUT2D eigenvalue weighted by atomic mass is 16.6. The summed E-state index contributed by atoms with van der Waals surface area (Å²) in [5.41, 5.74) is 0.598. The van der Waals surface area contributed by atoms with Crippen LogP contribution in [0, 0.1) is 17.0 Å². The molecule has 8 heteroatoms. The van der Waals surface area contributed by atoms with Gasteiger partial charge in [-0.3, -0.25) is 10.1 Å². The van der Waals surface area contributed by atoms with E-state index in [0.717, 1.165) is 16.3 Å². The van der Waals surface area contributed by atoms with E-state index in [0.29, 0.717) is 11.6 Å². The molecule has 0 bridgehead atoms. The standard InChI is InChI=1S/C20H15N5O3/c1-13-8-9-21-17(10-13)24-19-18(25(26)27)20(23-12-22-19)28-16-7-6-14-4-2-3-5-15(14)11-16/h2-12H,1H3,(H,21,22,23,24). The Morgan fingerprint density at radius 2 is 1.82 bits per heavy atom. The van der Waals surface area contributed by atoms with Crippen molar-refractivity contribution in [2.24, 2.45) is 0 Å². The Balaban J connectivity index is 1.71. The van der Waals surface area contributed by atoms with E-state index in [-0.39, 0.29) is 17.4 Å². The number of nitro groups is 1. The van der Waals surface area contributed by atoms with Gasteiger partial charge in [-0.05, 0) is 47.5 Å². The number of aromatic nitrogens is 3. The van der Waals surface area contributed by atoms with Gasteiger partial charge in [0.15, 0.2) is 0 Å². The highest BCUT2D eigenvalue weighted by Crippen LogP contribution is 2.35. The third-order valence-electron chi connectivity index (χ3n) is 4.07. The molecule has 1 N–H and O–H groups in total. The van der Waals surface area contributed by atoms with Gasteiger partial charge in [-0.1, -0.05) is 30.3 Å². The number of fused-ring (bicyclic) bond motifs is 1. The predicted molar refractivity (Wildman–Crippen MR) is 105 cm³/mol. The van der Waals surface area contributed by atoms with Crippen molar-refractivity contribution in [3.63, 3.8) is 0 Å². The van der Waals surface area contributed by atoms with E-state index in [9.17, 15) is 10.1 Å². The Hall–Kier alpha value is -4.07. The molecule has 0 spiro atoms. The molecule has 4 rings (SSSR count). The van der Waals surface area contributed by atoms with E-state index in [4.69, 9.17) is 4.74 Å². The first-order valence-corrected chi connectivity index (χ1v) is 8.46. The lowest BCUT2D eigenvalue weighted by atomic mass is 10.1. The summed E-state index contributed by atoms with van der Waals surface area (Å²) < 4.78 is 5.73. The summed E-state index contributed by atoms with van der Waals surface area (Å²) in [6.07, 6.45) is 2.82. The van der Waals surface area contributed by atoms with Gasteiger partial charge in [0.05, 0.1) is 4.92 Å². The summed E-state index contributed by atoms with van der Waals surface area (Å²) in [4.78, 5) is 23.2. The quantitative estimate of drug-likeness (QED) is 0.397. The molecular formula is C20H15N5O3. The predicted octanol–water partition coefficient (Wildman–Crippen LogP) is 4.78. The van der Waals surface area contributed by atoms with Crippen LogP contribution < -0.4 is 10.1 Å². The van der Waals surface area contributed by atoms with E-state index in [1.807, 2.05) is 43.3 Å².